The summed E-state index contributed by atoms with van der Waals surface area (Å²) in [5, 5.41) is 17.9. The van der Waals surface area contributed by atoms with Gasteiger partial charge in [-0.05, 0) is 50.4 Å². The van der Waals surface area contributed by atoms with Crippen molar-refractivity contribution in [3.05, 3.63) is 0 Å². The lowest BCUT2D eigenvalue weighted by molar-refractivity contribution is -0.173. The minimum absolute atomic E-state index is 0.170. The lowest BCUT2D eigenvalue weighted by atomic mass is 9.47. The van der Waals surface area contributed by atoms with Crippen LogP contribution < -0.4 is 0 Å². The van der Waals surface area contributed by atoms with Gasteiger partial charge in [-0.1, -0.05) is 0 Å². The van der Waals surface area contributed by atoms with Crippen LogP contribution in [-0.4, -0.2) is 40.0 Å². The Morgan fingerprint density at radius 3 is 2.05 bits per heavy atom. The van der Waals surface area contributed by atoms with Crippen LogP contribution >= 0.6 is 0 Å². The highest BCUT2D eigenvalue weighted by Crippen LogP contribution is 2.63. The van der Waals surface area contributed by atoms with Gasteiger partial charge in [-0.25, -0.2) is 0 Å². The number of aliphatic carboxylic acids is 1. The lowest BCUT2D eigenvalue weighted by Gasteiger charge is -2.61. The molecule has 0 aliphatic heterocycles. The Hall–Kier alpha value is -0.660. The van der Waals surface area contributed by atoms with Crippen molar-refractivity contribution in [2.24, 2.45) is 17.3 Å². The van der Waals surface area contributed by atoms with E-state index in [0.29, 0.717) is 25.7 Å². The second kappa shape index (κ2) is 3.71. The smallest absolute Gasteiger partial charge is 0.324 e. The zero-order valence-corrected chi connectivity index (χ0v) is 11.3. The van der Waals surface area contributed by atoms with E-state index < -0.39 is 32.4 Å². The maximum atomic E-state index is 11.5. The van der Waals surface area contributed by atoms with Gasteiger partial charge in [-0.3, -0.25) is 9.35 Å². The van der Waals surface area contributed by atoms with Crippen molar-refractivity contribution < 1.29 is 28.0 Å². The summed E-state index contributed by atoms with van der Waals surface area (Å²) in [4.78, 5) is 11.3. The monoisotopic (exact) mass is 290 g/mol. The maximum Gasteiger partial charge on any atom is 0.324 e. The average Bonchev–Trinajstić information content (AvgIpc) is 2.07. The van der Waals surface area contributed by atoms with Crippen LogP contribution in [0.25, 0.3) is 0 Å². The molecule has 0 spiro atoms. The summed E-state index contributed by atoms with van der Waals surface area (Å²) in [7, 11) is -4.66. The number of hydrogen-bond donors (Lipinski definition) is 3. The van der Waals surface area contributed by atoms with Crippen molar-refractivity contribution >= 4 is 16.1 Å². The van der Waals surface area contributed by atoms with Gasteiger partial charge in [0.2, 0.25) is 0 Å². The van der Waals surface area contributed by atoms with Crippen molar-refractivity contribution in [3.8, 4) is 0 Å². The summed E-state index contributed by atoms with van der Waals surface area (Å²) in [6.45, 7) is 0. The molecule has 108 valence electrons. The van der Waals surface area contributed by atoms with Crippen molar-refractivity contribution in [2.75, 3.05) is 0 Å². The molecular formula is C12H18O6S. The molecule has 4 fully saturated rings. The Bertz CT molecular complexity index is 510. The van der Waals surface area contributed by atoms with E-state index in [0.717, 1.165) is 6.42 Å². The molecular weight excluding hydrogens is 272 g/mol. The molecule has 0 aromatic carbocycles. The van der Waals surface area contributed by atoms with Crippen LogP contribution in [0.4, 0.5) is 0 Å². The van der Waals surface area contributed by atoms with Gasteiger partial charge < -0.3 is 10.2 Å². The van der Waals surface area contributed by atoms with E-state index >= 15 is 0 Å². The zero-order valence-electron chi connectivity index (χ0n) is 10.4. The fourth-order valence-electron chi connectivity index (χ4n) is 5.30. The van der Waals surface area contributed by atoms with Gasteiger partial charge in [-0.15, -0.1) is 0 Å². The van der Waals surface area contributed by atoms with Crippen LogP contribution in [0.5, 0.6) is 0 Å². The van der Waals surface area contributed by atoms with Crippen LogP contribution in [0.1, 0.15) is 38.5 Å². The second-order valence-electron chi connectivity index (χ2n) is 6.78. The van der Waals surface area contributed by atoms with Gasteiger partial charge in [0.1, 0.15) is 0 Å². The van der Waals surface area contributed by atoms with E-state index in [4.69, 9.17) is 0 Å². The average molecular weight is 290 g/mol. The summed E-state index contributed by atoms with van der Waals surface area (Å²) < 4.78 is 32.3. The van der Waals surface area contributed by atoms with Crippen LogP contribution in [0.3, 0.4) is 0 Å². The highest BCUT2D eigenvalue weighted by Gasteiger charge is 2.63. The molecule has 0 saturated heterocycles. The first kappa shape index (κ1) is 13.3. The van der Waals surface area contributed by atoms with E-state index in [1.807, 2.05) is 0 Å². The van der Waals surface area contributed by atoms with E-state index in [2.05, 4.69) is 0 Å². The molecule has 0 radical (unpaired) electrons. The van der Waals surface area contributed by atoms with Gasteiger partial charge >= 0.3 is 5.97 Å². The molecule has 19 heavy (non-hydrogen) atoms. The third-order valence-electron chi connectivity index (χ3n) is 5.15. The molecule has 3 unspecified atom stereocenters. The van der Waals surface area contributed by atoms with E-state index in [-0.39, 0.29) is 18.3 Å². The largest absolute Gasteiger partial charge is 0.480 e. The standard InChI is InChI=1S/C12H18O6S/c13-10(14)9(19(16,17)18)11-2-7-1-8(3-11)5-12(15,4-7)6-11/h7-9,15H,1-6H2,(H,13,14)(H,16,17,18)/t7-,8+,9?,11?,12?. The Labute approximate surface area is 111 Å². The van der Waals surface area contributed by atoms with Gasteiger partial charge in [0.15, 0.2) is 5.25 Å². The first-order valence-electron chi connectivity index (χ1n) is 6.55. The third kappa shape index (κ3) is 1.98. The van der Waals surface area contributed by atoms with Crippen molar-refractivity contribution in [3.63, 3.8) is 0 Å². The van der Waals surface area contributed by atoms with Gasteiger partial charge in [0, 0.05) is 5.41 Å². The number of carboxylic acid groups (broad SMARTS) is 1. The normalized spacial score (nSPS) is 46.2. The predicted molar refractivity (Wildman–Crippen MR) is 65.0 cm³/mol. The van der Waals surface area contributed by atoms with Crippen LogP contribution in [0.2, 0.25) is 0 Å². The summed E-state index contributed by atoms with van der Waals surface area (Å²) in [6, 6.07) is 0. The Balaban J connectivity index is 2.05. The molecule has 0 amide bonds. The molecule has 7 heteroatoms. The number of aliphatic hydroxyl groups is 1. The summed E-state index contributed by atoms with van der Waals surface area (Å²) in [6.07, 6.45) is 3.31. The van der Waals surface area contributed by atoms with Crippen molar-refractivity contribution in [2.45, 2.75) is 49.4 Å². The minimum Gasteiger partial charge on any atom is -0.480 e. The second-order valence-corrected chi connectivity index (χ2v) is 8.28. The van der Waals surface area contributed by atoms with Gasteiger partial charge in [-0.2, -0.15) is 8.42 Å². The molecule has 0 aromatic rings. The molecule has 6 nitrogen and oxygen atoms in total. The highest BCUT2D eigenvalue weighted by atomic mass is 32.2. The maximum absolute atomic E-state index is 11.5. The molecule has 4 rings (SSSR count). The number of hydrogen-bond acceptors (Lipinski definition) is 4. The fourth-order valence-corrected chi connectivity index (χ4v) is 6.46. The highest BCUT2D eigenvalue weighted by molar-refractivity contribution is 7.87. The Morgan fingerprint density at radius 1 is 1.16 bits per heavy atom. The fraction of sp³-hybridized carbons (Fsp3) is 0.917. The first-order chi connectivity index (χ1) is 8.64. The predicted octanol–water partition coefficient (Wildman–Crippen LogP) is 0.659. The topological polar surface area (TPSA) is 112 Å². The minimum atomic E-state index is -4.66. The molecule has 0 aromatic heterocycles. The summed E-state index contributed by atoms with van der Waals surface area (Å²) in [5.74, 6) is -1.15. The molecule has 4 saturated carbocycles. The number of carboxylic acids is 1. The quantitative estimate of drug-likeness (QED) is 0.658. The molecule has 4 bridgehead atoms. The van der Waals surface area contributed by atoms with Crippen LogP contribution in [0, 0.1) is 17.3 Å². The lowest BCUT2D eigenvalue weighted by Crippen LogP contribution is -2.62. The Kier molecular flexibility index (Phi) is 2.60. The number of carbonyl (C=O) groups is 1. The first-order valence-corrected chi connectivity index (χ1v) is 8.05. The molecule has 0 heterocycles. The van der Waals surface area contributed by atoms with Crippen LogP contribution in [-0.2, 0) is 14.9 Å². The molecule has 5 atom stereocenters. The molecule has 4 aliphatic carbocycles. The third-order valence-corrected chi connectivity index (χ3v) is 6.45. The molecule has 4 aliphatic rings. The van der Waals surface area contributed by atoms with Crippen molar-refractivity contribution in [1.29, 1.82) is 0 Å². The Morgan fingerprint density at radius 2 is 1.68 bits per heavy atom. The van der Waals surface area contributed by atoms with E-state index in [1.165, 1.54) is 0 Å². The zero-order chi connectivity index (χ0) is 14.1. The van der Waals surface area contributed by atoms with Crippen molar-refractivity contribution in [1.82, 2.24) is 0 Å². The summed E-state index contributed by atoms with van der Waals surface area (Å²) in [5.41, 5.74) is -1.94. The van der Waals surface area contributed by atoms with Crippen LogP contribution in [0.15, 0.2) is 0 Å². The van der Waals surface area contributed by atoms with Gasteiger partial charge in [0.05, 0.1) is 5.60 Å². The number of rotatable bonds is 3. The molecule has 3 N–H and O–H groups in total. The van der Waals surface area contributed by atoms with E-state index in [1.54, 1.807) is 0 Å². The van der Waals surface area contributed by atoms with E-state index in [9.17, 15) is 28.0 Å². The van der Waals surface area contributed by atoms with Gasteiger partial charge in [0.25, 0.3) is 10.1 Å². The summed E-state index contributed by atoms with van der Waals surface area (Å²) >= 11 is 0. The SMILES string of the molecule is O=C(O)C(C12C[C@@H]3C[C@@H](CC(O)(C3)C1)C2)S(=O)(=O)O.